The molecule has 1 atom stereocenters. The lowest BCUT2D eigenvalue weighted by Gasteiger charge is -2.10. The molecule has 1 aromatic heterocycles. The van der Waals surface area contributed by atoms with Crippen molar-refractivity contribution in [3.8, 4) is 0 Å². The van der Waals surface area contributed by atoms with E-state index in [4.69, 9.17) is 0 Å². The van der Waals surface area contributed by atoms with Crippen molar-refractivity contribution in [3.63, 3.8) is 0 Å². The van der Waals surface area contributed by atoms with Crippen molar-refractivity contribution < 1.29 is 9.72 Å². The smallest absolute Gasteiger partial charge is 0.269 e. The number of aromatic nitrogens is 3. The summed E-state index contributed by atoms with van der Waals surface area (Å²) in [5.41, 5.74) is 0.0291. The summed E-state index contributed by atoms with van der Waals surface area (Å²) in [6.45, 7) is 3.81. The number of nitrogens with zero attached hydrogens (tertiary/aromatic N) is 3. The molecule has 0 aliphatic heterocycles. The standard InChI is InChI=1S/C13H15N5O3S/c1-8(13(19)14-7-12-15-9(2)16-17-12)22-11-5-3-10(4-6-11)18(20)21/h3-6,8H,7H2,1-2H3,(H,14,19)(H,15,16,17). The van der Waals surface area contributed by atoms with Crippen LogP contribution in [0.3, 0.4) is 0 Å². The zero-order valence-corrected chi connectivity index (χ0v) is 12.9. The third-order valence-corrected chi connectivity index (χ3v) is 3.91. The molecule has 0 aliphatic carbocycles. The average molecular weight is 321 g/mol. The number of H-pyrrole nitrogens is 1. The van der Waals surface area contributed by atoms with Crippen LogP contribution in [0.1, 0.15) is 18.6 Å². The van der Waals surface area contributed by atoms with Crippen LogP contribution in [0.2, 0.25) is 0 Å². The number of amides is 1. The molecular weight excluding hydrogens is 306 g/mol. The molecule has 2 aromatic rings. The van der Waals surface area contributed by atoms with Crippen LogP contribution in [0.5, 0.6) is 0 Å². The number of nitro groups is 1. The highest BCUT2D eigenvalue weighted by Gasteiger charge is 2.15. The first-order valence-corrected chi connectivity index (χ1v) is 7.40. The highest BCUT2D eigenvalue weighted by molar-refractivity contribution is 8.00. The molecule has 8 nitrogen and oxygen atoms in total. The quantitative estimate of drug-likeness (QED) is 0.476. The van der Waals surface area contributed by atoms with E-state index in [2.05, 4.69) is 20.5 Å². The van der Waals surface area contributed by atoms with Gasteiger partial charge in [-0.1, -0.05) is 0 Å². The number of carbonyl (C=O) groups excluding carboxylic acids is 1. The molecule has 1 unspecified atom stereocenters. The Morgan fingerprint density at radius 3 is 2.68 bits per heavy atom. The van der Waals surface area contributed by atoms with Gasteiger partial charge in [0.15, 0.2) is 5.82 Å². The molecule has 1 amide bonds. The zero-order valence-electron chi connectivity index (χ0n) is 12.1. The maximum Gasteiger partial charge on any atom is 0.269 e. The number of non-ortho nitro benzene ring substituents is 1. The summed E-state index contributed by atoms with van der Waals surface area (Å²) in [7, 11) is 0. The Bertz CT molecular complexity index is 671. The summed E-state index contributed by atoms with van der Waals surface area (Å²) in [4.78, 5) is 27.0. The van der Waals surface area contributed by atoms with Gasteiger partial charge in [-0.3, -0.25) is 20.0 Å². The number of thioether (sulfide) groups is 1. The maximum absolute atomic E-state index is 12.0. The fourth-order valence-electron chi connectivity index (χ4n) is 1.68. The van der Waals surface area contributed by atoms with Crippen LogP contribution >= 0.6 is 11.8 Å². The molecule has 0 bridgehead atoms. The molecule has 0 aliphatic rings. The summed E-state index contributed by atoms with van der Waals surface area (Å²) in [5, 5.41) is 19.6. The van der Waals surface area contributed by atoms with E-state index in [1.807, 2.05) is 0 Å². The molecule has 0 spiro atoms. The highest BCUT2D eigenvalue weighted by Crippen LogP contribution is 2.25. The van der Waals surface area contributed by atoms with E-state index in [1.165, 1.54) is 23.9 Å². The Kier molecular flexibility index (Phi) is 5.10. The number of aryl methyl sites for hydroxylation is 1. The highest BCUT2D eigenvalue weighted by atomic mass is 32.2. The van der Waals surface area contributed by atoms with Gasteiger partial charge in [0.05, 0.1) is 16.7 Å². The van der Waals surface area contributed by atoms with Gasteiger partial charge < -0.3 is 5.32 Å². The lowest BCUT2D eigenvalue weighted by Crippen LogP contribution is -2.30. The van der Waals surface area contributed by atoms with E-state index in [0.717, 1.165) is 4.90 Å². The summed E-state index contributed by atoms with van der Waals surface area (Å²) in [6, 6.07) is 6.10. The molecular formula is C13H15N5O3S. The number of carbonyl (C=O) groups is 1. The van der Waals surface area contributed by atoms with Crippen LogP contribution in [-0.2, 0) is 11.3 Å². The van der Waals surface area contributed by atoms with Crippen LogP contribution in [0.15, 0.2) is 29.2 Å². The van der Waals surface area contributed by atoms with Crippen LogP contribution in [0, 0.1) is 17.0 Å². The largest absolute Gasteiger partial charge is 0.348 e. The first-order chi connectivity index (χ1) is 10.5. The van der Waals surface area contributed by atoms with Crippen molar-refractivity contribution >= 4 is 23.4 Å². The van der Waals surface area contributed by atoms with Crippen molar-refractivity contribution in [2.75, 3.05) is 0 Å². The van der Waals surface area contributed by atoms with Crippen molar-refractivity contribution in [2.45, 2.75) is 30.5 Å². The van der Waals surface area contributed by atoms with Crippen LogP contribution < -0.4 is 5.32 Å². The van der Waals surface area contributed by atoms with Gasteiger partial charge in [0.1, 0.15) is 5.82 Å². The van der Waals surface area contributed by atoms with Gasteiger partial charge in [-0.15, -0.1) is 11.8 Å². The number of benzene rings is 1. The Balaban J connectivity index is 1.86. The third-order valence-electron chi connectivity index (χ3n) is 2.79. The Morgan fingerprint density at radius 1 is 1.45 bits per heavy atom. The van der Waals surface area contributed by atoms with Crippen LogP contribution in [0.4, 0.5) is 5.69 Å². The number of aromatic amines is 1. The normalized spacial score (nSPS) is 11.9. The number of rotatable bonds is 6. The number of nitro benzene ring substituents is 1. The van der Waals surface area contributed by atoms with Gasteiger partial charge in [0.2, 0.25) is 5.91 Å². The average Bonchev–Trinajstić information content (AvgIpc) is 2.91. The molecule has 1 heterocycles. The molecule has 22 heavy (non-hydrogen) atoms. The van der Waals surface area contributed by atoms with Crippen LogP contribution in [0.25, 0.3) is 0 Å². The first-order valence-electron chi connectivity index (χ1n) is 6.52. The summed E-state index contributed by atoms with van der Waals surface area (Å²) in [6.07, 6.45) is 0. The minimum atomic E-state index is -0.455. The van der Waals surface area contributed by atoms with Crippen molar-refractivity contribution in [2.24, 2.45) is 0 Å². The van der Waals surface area contributed by atoms with Gasteiger partial charge >= 0.3 is 0 Å². The second-order valence-electron chi connectivity index (χ2n) is 4.57. The van der Waals surface area contributed by atoms with Crippen molar-refractivity contribution in [3.05, 3.63) is 46.0 Å². The Morgan fingerprint density at radius 2 is 2.14 bits per heavy atom. The molecule has 1 aromatic carbocycles. The molecule has 9 heteroatoms. The fourth-order valence-corrected chi connectivity index (χ4v) is 2.57. The minimum absolute atomic E-state index is 0.0291. The molecule has 0 saturated heterocycles. The molecule has 0 saturated carbocycles. The van der Waals surface area contributed by atoms with E-state index in [0.29, 0.717) is 11.6 Å². The molecule has 2 N–H and O–H groups in total. The third kappa shape index (κ3) is 4.29. The van der Waals surface area contributed by atoms with Gasteiger partial charge in [0, 0.05) is 17.0 Å². The number of hydrogen-bond donors (Lipinski definition) is 2. The Labute approximate surface area is 130 Å². The maximum atomic E-state index is 12.0. The summed E-state index contributed by atoms with van der Waals surface area (Å²) >= 11 is 1.33. The van der Waals surface area contributed by atoms with E-state index in [1.54, 1.807) is 26.0 Å². The SMILES string of the molecule is Cc1nc(CNC(=O)C(C)Sc2ccc([N+](=O)[O-])cc2)n[nH]1. The molecule has 0 radical (unpaired) electrons. The van der Waals surface area contributed by atoms with E-state index in [9.17, 15) is 14.9 Å². The number of nitrogens with one attached hydrogen (secondary N) is 2. The van der Waals surface area contributed by atoms with E-state index >= 15 is 0 Å². The van der Waals surface area contributed by atoms with Gasteiger partial charge in [-0.05, 0) is 26.0 Å². The van der Waals surface area contributed by atoms with Gasteiger partial charge in [-0.25, -0.2) is 4.98 Å². The lowest BCUT2D eigenvalue weighted by atomic mass is 10.3. The van der Waals surface area contributed by atoms with Gasteiger partial charge in [-0.2, -0.15) is 5.10 Å². The lowest BCUT2D eigenvalue weighted by molar-refractivity contribution is -0.384. The Hall–Kier alpha value is -2.42. The molecule has 0 fully saturated rings. The van der Waals surface area contributed by atoms with Crippen molar-refractivity contribution in [1.29, 1.82) is 0 Å². The van der Waals surface area contributed by atoms with Crippen LogP contribution in [-0.4, -0.2) is 31.3 Å². The topological polar surface area (TPSA) is 114 Å². The molecule has 2 rings (SSSR count). The number of hydrogen-bond acceptors (Lipinski definition) is 6. The first kappa shape index (κ1) is 16.0. The second-order valence-corrected chi connectivity index (χ2v) is 5.98. The predicted molar refractivity (Wildman–Crippen MR) is 81.4 cm³/mol. The zero-order chi connectivity index (χ0) is 16.1. The van der Waals surface area contributed by atoms with E-state index < -0.39 is 4.92 Å². The summed E-state index contributed by atoms with van der Waals surface area (Å²) in [5.74, 6) is 1.07. The fraction of sp³-hybridized carbons (Fsp3) is 0.308. The molecule has 116 valence electrons. The van der Waals surface area contributed by atoms with Crippen molar-refractivity contribution in [1.82, 2.24) is 20.5 Å². The second kappa shape index (κ2) is 7.03. The van der Waals surface area contributed by atoms with Gasteiger partial charge in [0.25, 0.3) is 5.69 Å². The predicted octanol–water partition coefficient (Wildman–Crippen LogP) is 1.82. The van der Waals surface area contributed by atoms with E-state index in [-0.39, 0.29) is 23.4 Å². The summed E-state index contributed by atoms with van der Waals surface area (Å²) < 4.78 is 0. The monoisotopic (exact) mass is 321 g/mol. The minimum Gasteiger partial charge on any atom is -0.348 e.